The van der Waals surface area contributed by atoms with E-state index in [4.69, 9.17) is 5.73 Å². The molecule has 0 saturated carbocycles. The highest BCUT2D eigenvalue weighted by atomic mass is 32.2. The Bertz CT molecular complexity index is 740. The van der Waals surface area contributed by atoms with Crippen molar-refractivity contribution < 1.29 is 17.2 Å². The molecule has 0 unspecified atom stereocenters. The summed E-state index contributed by atoms with van der Waals surface area (Å²) in [6.07, 6.45) is 2.79. The number of hydrogen-bond acceptors (Lipinski definition) is 4. The molecule has 0 aliphatic carbocycles. The third kappa shape index (κ3) is 2.69. The third-order valence-electron chi connectivity index (χ3n) is 2.55. The van der Waals surface area contributed by atoms with Crippen molar-refractivity contribution in [2.24, 2.45) is 0 Å². The van der Waals surface area contributed by atoms with E-state index >= 15 is 0 Å². The first-order valence-corrected chi connectivity index (χ1v) is 6.97. The number of rotatable bonds is 3. The van der Waals surface area contributed by atoms with Crippen LogP contribution >= 0.6 is 0 Å². The van der Waals surface area contributed by atoms with Gasteiger partial charge in [0.15, 0.2) is 4.90 Å². The fourth-order valence-electron chi connectivity index (χ4n) is 1.62. The molecule has 0 atom stereocenters. The number of nitrogen functional groups attached to an aromatic ring is 1. The molecule has 3 N–H and O–H groups in total. The first-order chi connectivity index (χ1) is 9.31. The van der Waals surface area contributed by atoms with Crippen molar-refractivity contribution in [3.05, 3.63) is 47.8 Å². The fraction of sp³-hybridized carbons (Fsp3) is 0.0833. The van der Waals surface area contributed by atoms with Crippen LogP contribution in [0.3, 0.4) is 0 Å². The molecule has 0 saturated heterocycles. The van der Waals surface area contributed by atoms with Gasteiger partial charge in [0.25, 0.3) is 10.0 Å². The van der Waals surface area contributed by atoms with Crippen molar-refractivity contribution >= 4 is 21.4 Å². The molecule has 1 heterocycles. The Balaban J connectivity index is 2.50. The summed E-state index contributed by atoms with van der Waals surface area (Å²) in [5.74, 6) is -2.50. The van der Waals surface area contributed by atoms with Crippen LogP contribution in [0.1, 0.15) is 5.56 Å². The number of nitrogens with two attached hydrogens (primary N) is 1. The number of nitrogens with one attached hydrogen (secondary N) is 1. The lowest BCUT2D eigenvalue weighted by molar-refractivity contribution is 0.522. The number of hydrogen-bond donors (Lipinski definition) is 2. The van der Waals surface area contributed by atoms with E-state index in [0.717, 1.165) is 12.1 Å². The van der Waals surface area contributed by atoms with Gasteiger partial charge in [-0.2, -0.15) is 0 Å². The van der Waals surface area contributed by atoms with Crippen LogP contribution in [-0.4, -0.2) is 13.4 Å². The monoisotopic (exact) mass is 299 g/mol. The molecule has 8 heteroatoms. The third-order valence-corrected chi connectivity index (χ3v) is 3.97. The number of pyridine rings is 1. The smallest absolute Gasteiger partial charge is 0.267 e. The lowest BCUT2D eigenvalue weighted by Gasteiger charge is -2.11. The molecule has 2 rings (SSSR count). The van der Waals surface area contributed by atoms with E-state index in [-0.39, 0.29) is 11.4 Å². The predicted octanol–water partition coefficient (Wildman–Crippen LogP) is 2.05. The van der Waals surface area contributed by atoms with Crippen LogP contribution in [0, 0.1) is 18.6 Å². The van der Waals surface area contributed by atoms with Crippen LogP contribution in [0.15, 0.2) is 35.5 Å². The second-order valence-electron chi connectivity index (χ2n) is 4.11. The number of nitrogens with zero attached hydrogens (tertiary/aromatic N) is 1. The summed E-state index contributed by atoms with van der Waals surface area (Å²) in [4.78, 5) is 2.73. The van der Waals surface area contributed by atoms with E-state index in [9.17, 15) is 17.2 Å². The van der Waals surface area contributed by atoms with Crippen LogP contribution in [0.25, 0.3) is 0 Å². The molecule has 0 bridgehead atoms. The normalized spacial score (nSPS) is 11.3. The summed E-state index contributed by atoms with van der Waals surface area (Å²) in [6, 6.07) is 2.88. The molecule has 20 heavy (non-hydrogen) atoms. The van der Waals surface area contributed by atoms with Gasteiger partial charge in [0.1, 0.15) is 11.6 Å². The van der Waals surface area contributed by atoms with Crippen LogP contribution in [-0.2, 0) is 10.0 Å². The number of halogens is 2. The SMILES string of the molecule is Cc1cnccc1NS(=O)(=O)c1c(F)cc(N)cc1F. The molecule has 0 amide bonds. The van der Waals surface area contributed by atoms with Gasteiger partial charge >= 0.3 is 0 Å². The summed E-state index contributed by atoms with van der Waals surface area (Å²) in [5, 5.41) is 0. The zero-order valence-corrected chi connectivity index (χ0v) is 11.2. The van der Waals surface area contributed by atoms with Crippen molar-refractivity contribution in [1.29, 1.82) is 0 Å². The highest BCUT2D eigenvalue weighted by molar-refractivity contribution is 7.92. The number of anilines is 2. The maximum Gasteiger partial charge on any atom is 0.267 e. The van der Waals surface area contributed by atoms with Gasteiger partial charge in [-0.1, -0.05) is 0 Å². The van der Waals surface area contributed by atoms with Crippen molar-refractivity contribution in [2.45, 2.75) is 11.8 Å². The topological polar surface area (TPSA) is 85.1 Å². The summed E-state index contributed by atoms with van der Waals surface area (Å²) < 4.78 is 53.5. The highest BCUT2D eigenvalue weighted by Crippen LogP contribution is 2.25. The Morgan fingerprint density at radius 1 is 1.25 bits per heavy atom. The molecule has 106 valence electrons. The largest absolute Gasteiger partial charge is 0.399 e. The van der Waals surface area contributed by atoms with E-state index in [2.05, 4.69) is 9.71 Å². The van der Waals surface area contributed by atoms with E-state index in [1.165, 1.54) is 18.5 Å². The van der Waals surface area contributed by atoms with Crippen LogP contribution in [0.5, 0.6) is 0 Å². The first kappa shape index (κ1) is 14.2. The summed E-state index contributed by atoms with van der Waals surface area (Å²) in [6.45, 7) is 1.61. The number of benzene rings is 1. The molecule has 1 aromatic carbocycles. The molecular formula is C12H11F2N3O2S. The van der Waals surface area contributed by atoms with E-state index < -0.39 is 26.6 Å². The summed E-state index contributed by atoms with van der Waals surface area (Å²) >= 11 is 0. The van der Waals surface area contributed by atoms with Gasteiger partial charge in [0, 0.05) is 18.1 Å². The van der Waals surface area contributed by atoms with E-state index in [1.54, 1.807) is 6.92 Å². The van der Waals surface area contributed by atoms with Gasteiger partial charge in [0.2, 0.25) is 0 Å². The molecule has 0 aliphatic heterocycles. The summed E-state index contributed by atoms with van der Waals surface area (Å²) in [5.41, 5.74) is 5.76. The summed E-state index contributed by atoms with van der Waals surface area (Å²) in [7, 11) is -4.40. The van der Waals surface area contributed by atoms with Gasteiger partial charge in [0.05, 0.1) is 5.69 Å². The van der Waals surface area contributed by atoms with Gasteiger partial charge < -0.3 is 5.73 Å². The number of aromatic nitrogens is 1. The average Bonchev–Trinajstić information content (AvgIpc) is 2.30. The number of sulfonamides is 1. The van der Waals surface area contributed by atoms with Gasteiger partial charge in [-0.15, -0.1) is 0 Å². The highest BCUT2D eigenvalue weighted by Gasteiger charge is 2.25. The second-order valence-corrected chi connectivity index (χ2v) is 5.73. The Morgan fingerprint density at radius 3 is 2.40 bits per heavy atom. The van der Waals surface area contributed by atoms with Crippen molar-refractivity contribution in [2.75, 3.05) is 10.5 Å². The first-order valence-electron chi connectivity index (χ1n) is 5.49. The molecule has 1 aromatic heterocycles. The minimum atomic E-state index is -4.40. The zero-order valence-electron chi connectivity index (χ0n) is 10.4. The standard InChI is InChI=1S/C12H11F2N3O2S/c1-7-6-16-3-2-11(7)17-20(18,19)12-9(13)4-8(15)5-10(12)14/h2-6H,15H2,1H3,(H,16,17). The Morgan fingerprint density at radius 2 is 1.85 bits per heavy atom. The quantitative estimate of drug-likeness (QED) is 0.849. The van der Waals surface area contributed by atoms with E-state index in [1.807, 2.05) is 0 Å². The molecule has 2 aromatic rings. The van der Waals surface area contributed by atoms with Crippen molar-refractivity contribution in [3.8, 4) is 0 Å². The van der Waals surface area contributed by atoms with Crippen molar-refractivity contribution in [1.82, 2.24) is 4.98 Å². The Kier molecular flexibility index (Phi) is 3.58. The van der Waals surface area contributed by atoms with Gasteiger partial charge in [-0.05, 0) is 30.7 Å². The lowest BCUT2D eigenvalue weighted by atomic mass is 10.3. The average molecular weight is 299 g/mol. The minimum Gasteiger partial charge on any atom is -0.399 e. The molecule has 5 nitrogen and oxygen atoms in total. The van der Waals surface area contributed by atoms with Crippen LogP contribution in [0.2, 0.25) is 0 Å². The maximum absolute atomic E-state index is 13.7. The predicted molar refractivity (Wildman–Crippen MR) is 70.6 cm³/mol. The molecule has 0 aliphatic rings. The zero-order chi connectivity index (χ0) is 14.9. The second kappa shape index (κ2) is 5.04. The van der Waals surface area contributed by atoms with Gasteiger partial charge in [-0.3, -0.25) is 9.71 Å². The Labute approximate surface area is 114 Å². The minimum absolute atomic E-state index is 0.190. The lowest BCUT2D eigenvalue weighted by Crippen LogP contribution is -2.17. The van der Waals surface area contributed by atoms with E-state index in [0.29, 0.717) is 5.56 Å². The van der Waals surface area contributed by atoms with Crippen LogP contribution < -0.4 is 10.5 Å². The maximum atomic E-state index is 13.7. The van der Waals surface area contributed by atoms with Crippen molar-refractivity contribution in [3.63, 3.8) is 0 Å². The molecule has 0 radical (unpaired) electrons. The molecule has 0 fully saturated rings. The Hall–Kier alpha value is -2.22. The van der Waals surface area contributed by atoms with Crippen LogP contribution in [0.4, 0.5) is 20.2 Å². The fourth-order valence-corrected chi connectivity index (χ4v) is 2.87. The van der Waals surface area contributed by atoms with Gasteiger partial charge in [-0.25, -0.2) is 17.2 Å². The number of aryl methyl sites for hydroxylation is 1. The molecular weight excluding hydrogens is 288 g/mol. The molecule has 0 spiro atoms.